The summed E-state index contributed by atoms with van der Waals surface area (Å²) in [5, 5.41) is 0.415. The van der Waals surface area contributed by atoms with Crippen LogP contribution in [0.2, 0.25) is 0 Å². The molecule has 0 atom stereocenters. The summed E-state index contributed by atoms with van der Waals surface area (Å²) in [6, 6.07) is 20.7. The number of benzene rings is 2. The van der Waals surface area contributed by atoms with Crippen LogP contribution in [0.1, 0.15) is 23.1 Å². The Labute approximate surface area is 184 Å². The lowest BCUT2D eigenvalue weighted by Gasteiger charge is -2.06. The molecule has 0 spiro atoms. The number of rotatable bonds is 7. The van der Waals surface area contributed by atoms with Crippen LogP contribution in [0.15, 0.2) is 88.7 Å². The molecule has 2 heterocycles. The van der Waals surface area contributed by atoms with E-state index in [-0.39, 0.29) is 21.8 Å². The summed E-state index contributed by atoms with van der Waals surface area (Å²) < 4.78 is 5.78. The van der Waals surface area contributed by atoms with Crippen LogP contribution in [0.5, 0.6) is 5.75 Å². The Hall–Kier alpha value is -4.19. The molecule has 160 valence electrons. The third-order valence-corrected chi connectivity index (χ3v) is 4.89. The van der Waals surface area contributed by atoms with Crippen molar-refractivity contribution in [3.8, 4) is 5.75 Å². The first-order valence-corrected chi connectivity index (χ1v) is 10.4. The fourth-order valence-electron chi connectivity index (χ4n) is 3.25. The molecule has 2 aromatic heterocycles. The first-order chi connectivity index (χ1) is 15.7. The molecule has 2 aromatic carbocycles. The molecular formula is C26H23N3O3. The smallest absolute Gasteiger partial charge is 0.272 e. The molecule has 0 aliphatic heterocycles. The SMILES string of the molecule is O=c1[nH]/c(=C\c2ccc(OCCCc3cccnc3)cc2)c(=O)[nH]/c1=C\c1ccccc1. The van der Waals surface area contributed by atoms with Crippen molar-refractivity contribution < 1.29 is 4.74 Å². The monoisotopic (exact) mass is 425 g/mol. The molecule has 32 heavy (non-hydrogen) atoms. The standard InChI is InChI=1S/C26H23N3O3/c30-25-23(16-19-6-2-1-3-7-19)28-26(31)24(29-25)17-20-10-12-22(13-11-20)32-15-5-9-21-8-4-14-27-18-21/h1-4,6-8,10-14,16-18H,5,9,15H2,(H,28,31)(H,29,30)/b23-16-,24-17-. The molecule has 0 aliphatic rings. The second-order valence-corrected chi connectivity index (χ2v) is 7.32. The van der Waals surface area contributed by atoms with E-state index in [0.29, 0.717) is 6.61 Å². The number of aromatic nitrogens is 3. The molecule has 0 amide bonds. The molecule has 6 heteroatoms. The first kappa shape index (κ1) is 21.1. The average Bonchev–Trinajstić information content (AvgIpc) is 2.82. The van der Waals surface area contributed by atoms with Crippen molar-refractivity contribution in [2.24, 2.45) is 0 Å². The van der Waals surface area contributed by atoms with E-state index in [4.69, 9.17) is 4.74 Å². The Morgan fingerprint density at radius 3 is 2.06 bits per heavy atom. The van der Waals surface area contributed by atoms with Gasteiger partial charge in [0.05, 0.1) is 6.61 Å². The van der Waals surface area contributed by atoms with Gasteiger partial charge in [-0.25, -0.2) is 0 Å². The van der Waals surface area contributed by atoms with Crippen LogP contribution in [0.4, 0.5) is 0 Å². The van der Waals surface area contributed by atoms with Crippen LogP contribution in [0.3, 0.4) is 0 Å². The van der Waals surface area contributed by atoms with Gasteiger partial charge in [0.15, 0.2) is 0 Å². The Morgan fingerprint density at radius 1 is 0.781 bits per heavy atom. The molecule has 0 bridgehead atoms. The second-order valence-electron chi connectivity index (χ2n) is 7.32. The number of pyridine rings is 1. The van der Waals surface area contributed by atoms with Crippen LogP contribution in [-0.4, -0.2) is 21.6 Å². The summed E-state index contributed by atoms with van der Waals surface area (Å²) in [4.78, 5) is 34.3. The summed E-state index contributed by atoms with van der Waals surface area (Å²) in [6.07, 6.45) is 8.71. The van der Waals surface area contributed by atoms with Crippen LogP contribution >= 0.6 is 0 Å². The van der Waals surface area contributed by atoms with Crippen molar-refractivity contribution in [2.45, 2.75) is 12.8 Å². The maximum atomic E-state index is 12.4. The zero-order chi connectivity index (χ0) is 22.2. The number of nitrogens with zero attached hydrogens (tertiary/aromatic N) is 1. The van der Waals surface area contributed by atoms with Gasteiger partial charge in [-0.1, -0.05) is 48.5 Å². The number of aromatic amines is 2. The van der Waals surface area contributed by atoms with E-state index < -0.39 is 0 Å². The van der Waals surface area contributed by atoms with Crippen molar-refractivity contribution >= 4 is 12.2 Å². The highest BCUT2D eigenvalue weighted by Gasteiger charge is 1.99. The first-order valence-electron chi connectivity index (χ1n) is 10.4. The minimum atomic E-state index is -0.359. The molecule has 0 saturated carbocycles. The predicted molar refractivity (Wildman–Crippen MR) is 125 cm³/mol. The van der Waals surface area contributed by atoms with Crippen molar-refractivity contribution in [1.82, 2.24) is 15.0 Å². The molecule has 4 aromatic rings. The van der Waals surface area contributed by atoms with Crippen molar-refractivity contribution in [1.29, 1.82) is 0 Å². The predicted octanol–water partition coefficient (Wildman–Crippen LogP) is 2.13. The normalized spacial score (nSPS) is 12.1. The van der Waals surface area contributed by atoms with Gasteiger partial charge in [0.25, 0.3) is 11.1 Å². The van der Waals surface area contributed by atoms with Gasteiger partial charge in [-0.05, 0) is 59.9 Å². The van der Waals surface area contributed by atoms with Gasteiger partial charge >= 0.3 is 0 Å². The Balaban J connectivity index is 1.43. The maximum Gasteiger partial charge on any atom is 0.272 e. The number of ether oxygens (including phenoxy) is 1. The van der Waals surface area contributed by atoms with Crippen LogP contribution in [0, 0.1) is 0 Å². The zero-order valence-electron chi connectivity index (χ0n) is 17.5. The van der Waals surface area contributed by atoms with E-state index in [2.05, 4.69) is 21.0 Å². The minimum absolute atomic E-state index is 0.199. The highest BCUT2D eigenvalue weighted by molar-refractivity contribution is 5.50. The summed E-state index contributed by atoms with van der Waals surface area (Å²) in [7, 11) is 0. The topological polar surface area (TPSA) is 87.8 Å². The average molecular weight is 425 g/mol. The lowest BCUT2D eigenvalue weighted by molar-refractivity contribution is 0.311. The quantitative estimate of drug-likeness (QED) is 0.444. The molecular weight excluding hydrogens is 402 g/mol. The van der Waals surface area contributed by atoms with Crippen LogP contribution in [-0.2, 0) is 6.42 Å². The fraction of sp³-hybridized carbons (Fsp3) is 0.115. The van der Waals surface area contributed by atoms with E-state index in [9.17, 15) is 9.59 Å². The molecule has 0 fully saturated rings. The summed E-state index contributed by atoms with van der Waals surface area (Å²) in [5.74, 6) is 0.753. The van der Waals surface area contributed by atoms with E-state index in [1.807, 2.05) is 66.9 Å². The molecule has 0 radical (unpaired) electrons. The fourth-order valence-corrected chi connectivity index (χ4v) is 3.25. The van der Waals surface area contributed by atoms with Crippen LogP contribution < -0.4 is 26.6 Å². The third-order valence-electron chi connectivity index (χ3n) is 4.89. The van der Waals surface area contributed by atoms with Gasteiger partial charge in [0.1, 0.15) is 16.4 Å². The summed E-state index contributed by atoms with van der Waals surface area (Å²) in [5.41, 5.74) is 2.10. The van der Waals surface area contributed by atoms with Gasteiger partial charge in [-0.3, -0.25) is 14.6 Å². The second kappa shape index (κ2) is 10.2. The summed E-state index contributed by atoms with van der Waals surface area (Å²) >= 11 is 0. The largest absolute Gasteiger partial charge is 0.494 e. The van der Waals surface area contributed by atoms with Gasteiger partial charge in [0, 0.05) is 12.4 Å². The minimum Gasteiger partial charge on any atom is -0.494 e. The Bertz CT molecular complexity index is 1390. The maximum absolute atomic E-state index is 12.4. The van der Waals surface area contributed by atoms with E-state index in [0.717, 1.165) is 29.7 Å². The summed E-state index contributed by atoms with van der Waals surface area (Å²) in [6.45, 7) is 0.602. The van der Waals surface area contributed by atoms with Gasteiger partial charge in [-0.2, -0.15) is 0 Å². The van der Waals surface area contributed by atoms with E-state index in [1.54, 1.807) is 18.3 Å². The van der Waals surface area contributed by atoms with Gasteiger partial charge in [-0.15, -0.1) is 0 Å². The van der Waals surface area contributed by atoms with Gasteiger partial charge in [0.2, 0.25) is 0 Å². The number of hydrogen-bond donors (Lipinski definition) is 2. The number of H-pyrrole nitrogens is 2. The third kappa shape index (κ3) is 5.70. The number of nitrogens with one attached hydrogen (secondary N) is 2. The zero-order valence-corrected chi connectivity index (χ0v) is 17.5. The number of hydrogen-bond acceptors (Lipinski definition) is 4. The Kier molecular flexibility index (Phi) is 6.72. The van der Waals surface area contributed by atoms with Crippen molar-refractivity contribution in [2.75, 3.05) is 6.61 Å². The number of aryl methyl sites for hydroxylation is 1. The molecule has 2 N–H and O–H groups in total. The molecule has 0 saturated heterocycles. The Morgan fingerprint density at radius 2 is 1.44 bits per heavy atom. The molecule has 6 nitrogen and oxygen atoms in total. The lowest BCUT2D eigenvalue weighted by Crippen LogP contribution is -2.46. The lowest BCUT2D eigenvalue weighted by atomic mass is 10.2. The molecule has 4 rings (SSSR count). The molecule has 0 unspecified atom stereocenters. The van der Waals surface area contributed by atoms with E-state index in [1.165, 1.54) is 5.56 Å². The van der Waals surface area contributed by atoms with Crippen LogP contribution in [0.25, 0.3) is 12.2 Å². The van der Waals surface area contributed by atoms with Crippen molar-refractivity contribution in [3.05, 3.63) is 127 Å². The van der Waals surface area contributed by atoms with Gasteiger partial charge < -0.3 is 14.7 Å². The van der Waals surface area contributed by atoms with Crippen molar-refractivity contribution in [3.63, 3.8) is 0 Å². The highest BCUT2D eigenvalue weighted by Crippen LogP contribution is 2.13. The molecule has 0 aliphatic carbocycles. The van der Waals surface area contributed by atoms with E-state index >= 15 is 0 Å². The highest BCUT2D eigenvalue weighted by atomic mass is 16.5.